The highest BCUT2D eigenvalue weighted by Crippen LogP contribution is 2.06. The molecule has 146 valence electrons. The maximum Gasteiger partial charge on any atom is 0.407 e. The Morgan fingerprint density at radius 2 is 1.42 bits per heavy atom. The summed E-state index contributed by atoms with van der Waals surface area (Å²) in [6, 6.07) is 7.40. The zero-order valence-electron chi connectivity index (χ0n) is 16.1. The van der Waals surface area contributed by atoms with E-state index in [1.165, 1.54) is 0 Å². The third-order valence-electron chi connectivity index (χ3n) is 3.13. The van der Waals surface area contributed by atoms with Gasteiger partial charge in [0.25, 0.3) is 5.91 Å². The van der Waals surface area contributed by atoms with Crippen LogP contribution in [0, 0.1) is 6.92 Å². The summed E-state index contributed by atoms with van der Waals surface area (Å²) in [4.78, 5) is 23.3. The summed E-state index contributed by atoms with van der Waals surface area (Å²) < 4.78 is 15.8. The molecule has 0 aliphatic heterocycles. The lowest BCUT2D eigenvalue weighted by Crippen LogP contribution is -2.34. The Labute approximate surface area is 155 Å². The van der Waals surface area contributed by atoms with Gasteiger partial charge in [-0.25, -0.2) is 4.79 Å². The summed E-state index contributed by atoms with van der Waals surface area (Å²) in [7, 11) is 0. The largest absolute Gasteiger partial charge is 0.444 e. The number of aryl methyl sites for hydroxylation is 1. The summed E-state index contributed by atoms with van der Waals surface area (Å²) >= 11 is 0. The number of rotatable bonds is 10. The van der Waals surface area contributed by atoms with Crippen molar-refractivity contribution in [2.24, 2.45) is 0 Å². The molecule has 7 nitrogen and oxygen atoms in total. The van der Waals surface area contributed by atoms with E-state index in [1.54, 1.807) is 12.1 Å². The molecule has 2 amide bonds. The second kappa shape index (κ2) is 11.5. The highest BCUT2D eigenvalue weighted by atomic mass is 16.6. The lowest BCUT2D eigenvalue weighted by Gasteiger charge is -2.19. The number of carbonyl (C=O) groups excluding carboxylic acids is 2. The number of carbonyl (C=O) groups is 2. The van der Waals surface area contributed by atoms with Crippen molar-refractivity contribution >= 4 is 12.0 Å². The van der Waals surface area contributed by atoms with Crippen LogP contribution in [0.4, 0.5) is 4.79 Å². The van der Waals surface area contributed by atoms with E-state index >= 15 is 0 Å². The predicted octanol–water partition coefficient (Wildman–Crippen LogP) is 2.28. The standard InChI is InChI=1S/C19H30N2O5/c1-15-5-7-16(8-6-15)17(22)20-9-11-24-13-14-25-12-10-21-18(23)26-19(2,3)4/h5-8H,9-14H2,1-4H3,(H,20,22)(H,21,23). The van der Waals surface area contributed by atoms with Crippen LogP contribution < -0.4 is 10.6 Å². The molecule has 0 saturated carbocycles. The van der Waals surface area contributed by atoms with Crippen LogP contribution in [0.2, 0.25) is 0 Å². The van der Waals surface area contributed by atoms with Crippen LogP contribution in [0.1, 0.15) is 36.7 Å². The van der Waals surface area contributed by atoms with Gasteiger partial charge in [-0.15, -0.1) is 0 Å². The van der Waals surface area contributed by atoms with Crippen LogP contribution in [-0.2, 0) is 14.2 Å². The number of benzene rings is 1. The van der Waals surface area contributed by atoms with Crippen molar-refractivity contribution in [3.8, 4) is 0 Å². The molecule has 0 aromatic heterocycles. The minimum absolute atomic E-state index is 0.113. The smallest absolute Gasteiger partial charge is 0.407 e. The van der Waals surface area contributed by atoms with E-state index < -0.39 is 11.7 Å². The highest BCUT2D eigenvalue weighted by Gasteiger charge is 2.15. The summed E-state index contributed by atoms with van der Waals surface area (Å²) in [5.41, 5.74) is 1.25. The first kappa shape index (κ1) is 21.9. The van der Waals surface area contributed by atoms with Gasteiger partial charge in [0, 0.05) is 18.7 Å². The molecule has 0 radical (unpaired) electrons. The zero-order chi connectivity index (χ0) is 19.4. The Kier molecular flexibility index (Phi) is 9.69. The molecule has 0 bridgehead atoms. The van der Waals surface area contributed by atoms with E-state index in [9.17, 15) is 9.59 Å². The van der Waals surface area contributed by atoms with E-state index in [2.05, 4.69) is 10.6 Å². The van der Waals surface area contributed by atoms with Gasteiger partial charge in [-0.2, -0.15) is 0 Å². The summed E-state index contributed by atoms with van der Waals surface area (Å²) in [5.74, 6) is -0.113. The van der Waals surface area contributed by atoms with Crippen molar-refractivity contribution in [2.45, 2.75) is 33.3 Å². The molecule has 7 heteroatoms. The van der Waals surface area contributed by atoms with Gasteiger partial charge in [0.1, 0.15) is 5.60 Å². The predicted molar refractivity (Wildman–Crippen MR) is 99.4 cm³/mol. The fourth-order valence-electron chi connectivity index (χ4n) is 1.91. The molecule has 0 unspecified atom stereocenters. The Hall–Kier alpha value is -2.12. The van der Waals surface area contributed by atoms with E-state index in [0.29, 0.717) is 45.1 Å². The lowest BCUT2D eigenvalue weighted by molar-refractivity contribution is 0.0400. The van der Waals surface area contributed by atoms with Crippen LogP contribution in [0.5, 0.6) is 0 Å². The third-order valence-corrected chi connectivity index (χ3v) is 3.13. The zero-order valence-corrected chi connectivity index (χ0v) is 16.1. The van der Waals surface area contributed by atoms with Gasteiger partial charge in [-0.05, 0) is 39.8 Å². The summed E-state index contributed by atoms with van der Waals surface area (Å²) in [6.07, 6.45) is -0.457. The van der Waals surface area contributed by atoms with Crippen LogP contribution in [0.3, 0.4) is 0 Å². The SMILES string of the molecule is Cc1ccc(C(=O)NCCOCCOCCNC(=O)OC(C)(C)C)cc1. The minimum Gasteiger partial charge on any atom is -0.444 e. The van der Waals surface area contributed by atoms with Gasteiger partial charge in [0.05, 0.1) is 26.4 Å². The van der Waals surface area contributed by atoms with Gasteiger partial charge in [-0.3, -0.25) is 4.79 Å². The molecule has 1 aromatic carbocycles. The maximum absolute atomic E-state index is 11.9. The Morgan fingerprint density at radius 1 is 0.885 bits per heavy atom. The number of alkyl carbamates (subject to hydrolysis) is 1. The minimum atomic E-state index is -0.506. The molecule has 2 N–H and O–H groups in total. The van der Waals surface area contributed by atoms with Gasteiger partial charge < -0.3 is 24.8 Å². The number of ether oxygens (including phenoxy) is 3. The molecule has 1 rings (SSSR count). The molecular formula is C19H30N2O5. The van der Waals surface area contributed by atoms with Crippen molar-refractivity contribution in [3.05, 3.63) is 35.4 Å². The van der Waals surface area contributed by atoms with Gasteiger partial charge >= 0.3 is 6.09 Å². The summed E-state index contributed by atoms with van der Waals surface area (Å²) in [6.45, 7) is 9.86. The fourth-order valence-corrected chi connectivity index (χ4v) is 1.91. The van der Waals surface area contributed by atoms with Crippen LogP contribution in [0.25, 0.3) is 0 Å². The average molecular weight is 366 g/mol. The van der Waals surface area contributed by atoms with Gasteiger partial charge in [0.2, 0.25) is 0 Å². The van der Waals surface area contributed by atoms with Crippen LogP contribution in [-0.4, -0.2) is 57.1 Å². The van der Waals surface area contributed by atoms with E-state index in [1.807, 2.05) is 39.8 Å². The second-order valence-corrected chi connectivity index (χ2v) is 6.78. The Bertz CT molecular complexity index is 552. The first-order valence-electron chi connectivity index (χ1n) is 8.75. The van der Waals surface area contributed by atoms with Crippen molar-refractivity contribution in [1.29, 1.82) is 0 Å². The number of hydrogen-bond donors (Lipinski definition) is 2. The lowest BCUT2D eigenvalue weighted by atomic mass is 10.1. The summed E-state index contributed by atoms with van der Waals surface area (Å²) in [5, 5.41) is 5.40. The number of hydrogen-bond acceptors (Lipinski definition) is 5. The van der Waals surface area contributed by atoms with Crippen LogP contribution in [0.15, 0.2) is 24.3 Å². The van der Waals surface area contributed by atoms with E-state index in [-0.39, 0.29) is 5.91 Å². The molecule has 1 aromatic rings. The van der Waals surface area contributed by atoms with E-state index in [0.717, 1.165) is 5.56 Å². The quantitative estimate of drug-likeness (QED) is 0.621. The topological polar surface area (TPSA) is 85.9 Å². The first-order valence-corrected chi connectivity index (χ1v) is 8.75. The van der Waals surface area contributed by atoms with E-state index in [4.69, 9.17) is 14.2 Å². The first-order chi connectivity index (χ1) is 12.3. The molecule has 26 heavy (non-hydrogen) atoms. The second-order valence-electron chi connectivity index (χ2n) is 6.78. The molecule has 0 spiro atoms. The normalized spacial score (nSPS) is 11.1. The van der Waals surface area contributed by atoms with Crippen molar-refractivity contribution in [3.63, 3.8) is 0 Å². The van der Waals surface area contributed by atoms with Gasteiger partial charge in [-0.1, -0.05) is 17.7 Å². The highest BCUT2D eigenvalue weighted by molar-refractivity contribution is 5.94. The molecule has 0 aliphatic carbocycles. The van der Waals surface area contributed by atoms with Crippen LogP contribution >= 0.6 is 0 Å². The fraction of sp³-hybridized carbons (Fsp3) is 0.579. The monoisotopic (exact) mass is 366 g/mol. The van der Waals surface area contributed by atoms with Crippen molar-refractivity contribution in [2.75, 3.05) is 39.5 Å². The third kappa shape index (κ3) is 10.7. The molecule has 0 aliphatic rings. The molecule has 0 saturated heterocycles. The Morgan fingerprint density at radius 3 is 1.96 bits per heavy atom. The molecular weight excluding hydrogens is 336 g/mol. The molecule has 0 fully saturated rings. The molecule has 0 atom stereocenters. The maximum atomic E-state index is 11.9. The Balaban J connectivity index is 1.94. The van der Waals surface area contributed by atoms with Crippen molar-refractivity contribution in [1.82, 2.24) is 10.6 Å². The van der Waals surface area contributed by atoms with Gasteiger partial charge in [0.15, 0.2) is 0 Å². The molecule has 0 heterocycles. The number of amides is 2. The average Bonchev–Trinajstić information content (AvgIpc) is 2.55. The number of nitrogens with one attached hydrogen (secondary N) is 2. The van der Waals surface area contributed by atoms with Crippen molar-refractivity contribution < 1.29 is 23.8 Å².